The van der Waals surface area contributed by atoms with Gasteiger partial charge in [0.15, 0.2) is 5.82 Å². The molecule has 1 aliphatic rings. The molecule has 0 saturated carbocycles. The van der Waals surface area contributed by atoms with E-state index in [2.05, 4.69) is 22.3 Å². The van der Waals surface area contributed by atoms with Gasteiger partial charge in [-0.25, -0.2) is 0 Å². The molecule has 1 aromatic heterocycles. The van der Waals surface area contributed by atoms with Crippen molar-refractivity contribution in [1.82, 2.24) is 20.0 Å². The van der Waals surface area contributed by atoms with Gasteiger partial charge in [0.05, 0.1) is 6.54 Å². The van der Waals surface area contributed by atoms with Crippen molar-refractivity contribution in [3.63, 3.8) is 0 Å². The Labute approximate surface area is 136 Å². The van der Waals surface area contributed by atoms with E-state index in [0.717, 1.165) is 17.0 Å². The molecule has 23 heavy (non-hydrogen) atoms. The van der Waals surface area contributed by atoms with Crippen LogP contribution in [0.25, 0.3) is 0 Å². The van der Waals surface area contributed by atoms with Crippen LogP contribution in [0.5, 0.6) is 0 Å². The summed E-state index contributed by atoms with van der Waals surface area (Å²) in [5, 5.41) is 10.4. The number of aromatic nitrogens is 2. The largest absolute Gasteiger partial charge is 0.358 e. The lowest BCUT2D eigenvalue weighted by Crippen LogP contribution is -2.35. The van der Waals surface area contributed by atoms with Gasteiger partial charge in [0, 0.05) is 43.9 Å². The molecule has 0 aliphatic carbocycles. The summed E-state index contributed by atoms with van der Waals surface area (Å²) in [6, 6.07) is 0. The number of rotatable bonds is 5. The second kappa shape index (κ2) is 7.13. The Morgan fingerprint density at radius 3 is 2.74 bits per heavy atom. The van der Waals surface area contributed by atoms with E-state index in [9.17, 15) is 9.59 Å². The maximum absolute atomic E-state index is 11.7. The van der Waals surface area contributed by atoms with E-state index in [-0.39, 0.29) is 18.4 Å². The number of anilines is 1. The van der Waals surface area contributed by atoms with Gasteiger partial charge in [-0.05, 0) is 13.0 Å². The summed E-state index contributed by atoms with van der Waals surface area (Å²) in [5.41, 5.74) is 2.78. The summed E-state index contributed by atoms with van der Waals surface area (Å²) >= 11 is 0. The number of nitrogens with one attached hydrogen (secondary N) is 2. The molecule has 1 aliphatic heterocycles. The third kappa shape index (κ3) is 3.61. The van der Waals surface area contributed by atoms with Gasteiger partial charge in [-0.2, -0.15) is 5.10 Å². The van der Waals surface area contributed by atoms with Gasteiger partial charge in [-0.15, -0.1) is 0 Å². The van der Waals surface area contributed by atoms with E-state index in [1.165, 1.54) is 0 Å². The van der Waals surface area contributed by atoms with Crippen molar-refractivity contribution >= 4 is 17.6 Å². The van der Waals surface area contributed by atoms with E-state index in [4.69, 9.17) is 0 Å². The monoisotopic (exact) mass is 317 g/mol. The van der Waals surface area contributed by atoms with Crippen LogP contribution in [0.3, 0.4) is 0 Å². The number of carbonyl (C=O) groups is 2. The highest BCUT2D eigenvalue weighted by Crippen LogP contribution is 2.27. The molecule has 0 unspecified atom stereocenters. The van der Waals surface area contributed by atoms with Crippen molar-refractivity contribution in [1.29, 1.82) is 0 Å². The van der Waals surface area contributed by atoms with Crippen LogP contribution in [-0.2, 0) is 29.1 Å². The summed E-state index contributed by atoms with van der Waals surface area (Å²) in [4.78, 5) is 25.2. The number of amides is 2. The molecule has 1 aromatic rings. The van der Waals surface area contributed by atoms with Gasteiger partial charge < -0.3 is 15.5 Å². The summed E-state index contributed by atoms with van der Waals surface area (Å²) in [5.74, 6) is 0.601. The van der Waals surface area contributed by atoms with Crippen molar-refractivity contribution in [3.8, 4) is 0 Å². The van der Waals surface area contributed by atoms with E-state index >= 15 is 0 Å². The Kier molecular flexibility index (Phi) is 5.20. The highest BCUT2D eigenvalue weighted by atomic mass is 16.2. The third-order valence-electron chi connectivity index (χ3n) is 3.95. The molecular formula is C16H23N5O2. The van der Waals surface area contributed by atoms with Gasteiger partial charge >= 0.3 is 0 Å². The maximum Gasteiger partial charge on any atom is 0.241 e. The van der Waals surface area contributed by atoms with E-state index in [0.29, 0.717) is 25.3 Å². The molecule has 0 radical (unpaired) electrons. The topological polar surface area (TPSA) is 79.3 Å². The molecule has 2 N–H and O–H groups in total. The average Bonchev–Trinajstić information content (AvgIpc) is 2.89. The second-order valence-electron chi connectivity index (χ2n) is 5.37. The second-order valence-corrected chi connectivity index (χ2v) is 5.37. The Balaban J connectivity index is 2.39. The number of allylic oxidation sites excluding steroid dienone is 2. The molecule has 0 saturated heterocycles. The Morgan fingerprint density at radius 2 is 2.17 bits per heavy atom. The van der Waals surface area contributed by atoms with Crippen LogP contribution in [-0.4, -0.2) is 40.1 Å². The van der Waals surface area contributed by atoms with Crippen LogP contribution >= 0.6 is 0 Å². The summed E-state index contributed by atoms with van der Waals surface area (Å²) < 4.78 is 1.71. The molecule has 2 amide bonds. The highest BCUT2D eigenvalue weighted by molar-refractivity contribution is 5.76. The lowest BCUT2D eigenvalue weighted by atomic mass is 10.1. The van der Waals surface area contributed by atoms with E-state index in [1.807, 2.05) is 13.0 Å². The van der Waals surface area contributed by atoms with E-state index < -0.39 is 0 Å². The zero-order chi connectivity index (χ0) is 17.0. The minimum absolute atomic E-state index is 0.0376. The normalized spacial score (nSPS) is 14.2. The number of fused-ring (bicyclic) bond motifs is 1. The Hall–Kier alpha value is -2.57. The van der Waals surface area contributed by atoms with Gasteiger partial charge in [0.25, 0.3) is 0 Å². The first-order valence-corrected chi connectivity index (χ1v) is 7.60. The third-order valence-corrected chi connectivity index (χ3v) is 3.95. The molecule has 7 heteroatoms. The zero-order valence-electron chi connectivity index (χ0n) is 13.8. The first-order valence-electron chi connectivity index (χ1n) is 7.60. The van der Waals surface area contributed by atoms with Crippen molar-refractivity contribution in [3.05, 3.63) is 35.7 Å². The first kappa shape index (κ1) is 16.8. The molecular weight excluding hydrogens is 294 g/mol. The minimum atomic E-state index is -0.106. The number of hydrogen-bond acceptors (Lipinski definition) is 4. The van der Waals surface area contributed by atoms with Crippen LogP contribution < -0.4 is 10.6 Å². The average molecular weight is 317 g/mol. The standard InChI is InChI=1S/C16H23N5O2/c1-5-12(6-2)18-16-13-9-20(11(3)22)8-7-14(13)21(19-16)10-15(23)17-4/h5-6H,1,7-10H2,2-4H3,(H,17,23)(H,18,19)/b12-6+. The van der Waals surface area contributed by atoms with Crippen LogP contribution in [0, 0.1) is 0 Å². The van der Waals surface area contributed by atoms with Crippen LogP contribution in [0.15, 0.2) is 24.4 Å². The zero-order valence-corrected chi connectivity index (χ0v) is 13.8. The van der Waals surface area contributed by atoms with Crippen LogP contribution in [0.2, 0.25) is 0 Å². The summed E-state index contributed by atoms with van der Waals surface area (Å²) in [7, 11) is 1.60. The molecule has 2 rings (SSSR count). The van der Waals surface area contributed by atoms with Crippen molar-refractivity contribution in [2.75, 3.05) is 18.9 Å². The van der Waals surface area contributed by atoms with Gasteiger partial charge in [0.2, 0.25) is 11.8 Å². The predicted octanol–water partition coefficient (Wildman–Crippen LogP) is 1.04. The van der Waals surface area contributed by atoms with Crippen molar-refractivity contribution < 1.29 is 9.59 Å². The van der Waals surface area contributed by atoms with Crippen molar-refractivity contribution in [2.24, 2.45) is 0 Å². The molecule has 0 spiro atoms. The molecule has 124 valence electrons. The quantitative estimate of drug-likeness (QED) is 0.795. The smallest absolute Gasteiger partial charge is 0.241 e. The highest BCUT2D eigenvalue weighted by Gasteiger charge is 2.26. The molecule has 0 fully saturated rings. The van der Waals surface area contributed by atoms with Crippen LogP contribution in [0.4, 0.5) is 5.82 Å². The summed E-state index contributed by atoms with van der Waals surface area (Å²) in [6.45, 7) is 8.52. The van der Waals surface area contributed by atoms with E-state index in [1.54, 1.807) is 29.6 Å². The first-order chi connectivity index (χ1) is 11.0. The lowest BCUT2D eigenvalue weighted by molar-refractivity contribution is -0.129. The van der Waals surface area contributed by atoms with Crippen LogP contribution in [0.1, 0.15) is 25.1 Å². The number of likely N-dealkylation sites (N-methyl/N-ethyl adjacent to an activating group) is 1. The van der Waals surface area contributed by atoms with Gasteiger partial charge in [-0.3, -0.25) is 14.3 Å². The fraction of sp³-hybridized carbons (Fsp3) is 0.438. The summed E-state index contributed by atoms with van der Waals surface area (Å²) in [6.07, 6.45) is 4.28. The number of nitrogens with zero attached hydrogens (tertiary/aromatic N) is 3. The van der Waals surface area contributed by atoms with Gasteiger partial charge in [-0.1, -0.05) is 12.7 Å². The molecule has 0 bridgehead atoms. The Morgan fingerprint density at radius 1 is 1.43 bits per heavy atom. The molecule has 7 nitrogen and oxygen atoms in total. The maximum atomic E-state index is 11.7. The molecule has 0 atom stereocenters. The SMILES string of the molecule is C=C/C(=C\C)Nc1nn(CC(=O)NC)c2c1CN(C(C)=O)CC2. The lowest BCUT2D eigenvalue weighted by Gasteiger charge is -2.26. The number of hydrogen-bond donors (Lipinski definition) is 2. The van der Waals surface area contributed by atoms with Crippen molar-refractivity contribution in [2.45, 2.75) is 33.4 Å². The Bertz CT molecular complexity index is 660. The minimum Gasteiger partial charge on any atom is -0.358 e. The molecule has 2 heterocycles. The number of carbonyl (C=O) groups excluding carboxylic acids is 2. The fourth-order valence-corrected chi connectivity index (χ4v) is 2.58. The fourth-order valence-electron chi connectivity index (χ4n) is 2.58. The molecule has 0 aromatic carbocycles. The van der Waals surface area contributed by atoms with Gasteiger partial charge in [0.1, 0.15) is 6.54 Å². The predicted molar refractivity (Wildman–Crippen MR) is 88.7 cm³/mol.